The predicted octanol–water partition coefficient (Wildman–Crippen LogP) is 2.38. The van der Waals surface area contributed by atoms with E-state index >= 15 is 0 Å². The van der Waals surface area contributed by atoms with Gasteiger partial charge in [0.15, 0.2) is 11.5 Å². The minimum Gasteiger partial charge on any atom is -0.493 e. The number of methoxy groups -OCH3 is 2. The topological polar surface area (TPSA) is 77.9 Å². The Morgan fingerprint density at radius 3 is 2.71 bits per heavy atom. The highest BCUT2D eigenvalue weighted by molar-refractivity contribution is 5.87. The van der Waals surface area contributed by atoms with Crippen molar-refractivity contribution < 1.29 is 24.1 Å². The normalized spacial score (nSPS) is 10.0. The summed E-state index contributed by atoms with van der Waals surface area (Å²) in [7, 11) is 3.06. The molecule has 0 saturated heterocycles. The van der Waals surface area contributed by atoms with Gasteiger partial charge in [0, 0.05) is 12.3 Å². The molecule has 0 radical (unpaired) electrons. The molecule has 0 bridgehead atoms. The number of ether oxygens (including phenoxy) is 3. The largest absolute Gasteiger partial charge is 0.493 e. The number of aromatic carboxylic acids is 1. The third kappa shape index (κ3) is 3.42. The molecule has 0 spiro atoms. The van der Waals surface area contributed by atoms with Gasteiger partial charge in [0.2, 0.25) is 0 Å². The van der Waals surface area contributed by atoms with Crippen LogP contribution in [0.1, 0.15) is 16.1 Å². The molecule has 0 aliphatic rings. The van der Waals surface area contributed by atoms with E-state index in [1.165, 1.54) is 19.2 Å². The monoisotopic (exact) mass is 289 g/mol. The molecule has 110 valence electrons. The van der Waals surface area contributed by atoms with E-state index < -0.39 is 5.97 Å². The van der Waals surface area contributed by atoms with Gasteiger partial charge in [-0.15, -0.1) is 0 Å². The maximum absolute atomic E-state index is 10.9. The molecule has 0 atom stereocenters. The standard InChI is InChI=1S/C15H15NO5/c1-19-13-6-7-16-12(14(13)20-2)9-21-11-5-3-4-10(8-11)15(17)18/h3-8H,9H2,1-2H3,(H,17,18). The summed E-state index contributed by atoms with van der Waals surface area (Å²) in [6.07, 6.45) is 1.59. The molecule has 0 aliphatic carbocycles. The lowest BCUT2D eigenvalue weighted by molar-refractivity contribution is 0.0696. The van der Waals surface area contributed by atoms with Crippen molar-refractivity contribution in [3.05, 3.63) is 47.8 Å². The second kappa shape index (κ2) is 6.60. The second-order valence-electron chi connectivity index (χ2n) is 4.11. The van der Waals surface area contributed by atoms with Crippen molar-refractivity contribution >= 4 is 5.97 Å². The number of carboxylic acids is 1. The van der Waals surface area contributed by atoms with E-state index in [0.29, 0.717) is 22.9 Å². The third-order valence-electron chi connectivity index (χ3n) is 2.82. The molecule has 0 unspecified atom stereocenters. The summed E-state index contributed by atoms with van der Waals surface area (Å²) in [5.41, 5.74) is 0.732. The fraction of sp³-hybridized carbons (Fsp3) is 0.200. The molecule has 2 rings (SSSR count). The number of carboxylic acid groups (broad SMARTS) is 1. The number of aromatic nitrogens is 1. The predicted molar refractivity (Wildman–Crippen MR) is 75.1 cm³/mol. The van der Waals surface area contributed by atoms with Gasteiger partial charge in [-0.2, -0.15) is 0 Å². The Hall–Kier alpha value is -2.76. The average Bonchev–Trinajstić information content (AvgIpc) is 2.52. The number of pyridine rings is 1. The maximum atomic E-state index is 10.9. The molecule has 1 aromatic heterocycles. The van der Waals surface area contributed by atoms with Crippen molar-refractivity contribution in [2.75, 3.05) is 14.2 Å². The van der Waals surface area contributed by atoms with Crippen LogP contribution in [0.3, 0.4) is 0 Å². The molecule has 2 aromatic rings. The van der Waals surface area contributed by atoms with E-state index in [1.54, 1.807) is 31.5 Å². The molecule has 0 saturated carbocycles. The van der Waals surface area contributed by atoms with Gasteiger partial charge in [-0.25, -0.2) is 4.79 Å². The van der Waals surface area contributed by atoms with Crippen LogP contribution in [0.5, 0.6) is 17.2 Å². The SMILES string of the molecule is COc1ccnc(COc2cccc(C(=O)O)c2)c1OC. The second-order valence-corrected chi connectivity index (χ2v) is 4.11. The minimum atomic E-state index is -1.00. The molecule has 1 heterocycles. The zero-order valence-electron chi connectivity index (χ0n) is 11.7. The molecule has 0 amide bonds. The first kappa shape index (κ1) is 14.6. The van der Waals surface area contributed by atoms with Gasteiger partial charge in [0.25, 0.3) is 0 Å². The third-order valence-corrected chi connectivity index (χ3v) is 2.82. The van der Waals surface area contributed by atoms with E-state index in [4.69, 9.17) is 19.3 Å². The van der Waals surface area contributed by atoms with Crippen LogP contribution in [-0.4, -0.2) is 30.3 Å². The van der Waals surface area contributed by atoms with Gasteiger partial charge in [-0.3, -0.25) is 4.98 Å². The summed E-state index contributed by atoms with van der Waals surface area (Å²) in [5, 5.41) is 8.94. The Bertz CT molecular complexity index is 642. The molecule has 1 N–H and O–H groups in total. The Balaban J connectivity index is 2.16. The molecular weight excluding hydrogens is 274 g/mol. The number of carbonyl (C=O) groups is 1. The Morgan fingerprint density at radius 2 is 2.05 bits per heavy atom. The summed E-state index contributed by atoms with van der Waals surface area (Å²) in [6.45, 7) is 0.142. The van der Waals surface area contributed by atoms with E-state index in [9.17, 15) is 4.79 Å². The Morgan fingerprint density at radius 1 is 1.24 bits per heavy atom. The molecular formula is C15H15NO5. The fourth-order valence-electron chi connectivity index (χ4n) is 1.82. The molecule has 6 nitrogen and oxygen atoms in total. The van der Waals surface area contributed by atoms with Crippen molar-refractivity contribution in [1.82, 2.24) is 4.98 Å². The van der Waals surface area contributed by atoms with E-state index in [0.717, 1.165) is 0 Å². The van der Waals surface area contributed by atoms with Crippen molar-refractivity contribution in [3.8, 4) is 17.2 Å². The van der Waals surface area contributed by atoms with Crippen LogP contribution in [0.15, 0.2) is 36.5 Å². The number of hydrogen-bond acceptors (Lipinski definition) is 5. The summed E-state index contributed by atoms with van der Waals surface area (Å²) in [6, 6.07) is 7.94. The molecule has 0 aliphatic heterocycles. The van der Waals surface area contributed by atoms with Crippen molar-refractivity contribution in [2.45, 2.75) is 6.61 Å². The smallest absolute Gasteiger partial charge is 0.335 e. The van der Waals surface area contributed by atoms with Crippen molar-refractivity contribution in [3.63, 3.8) is 0 Å². The van der Waals surface area contributed by atoms with E-state index in [2.05, 4.69) is 4.98 Å². The quantitative estimate of drug-likeness (QED) is 0.879. The number of rotatable bonds is 6. The van der Waals surface area contributed by atoms with Gasteiger partial charge in [-0.05, 0) is 18.2 Å². The number of nitrogens with zero attached hydrogens (tertiary/aromatic N) is 1. The molecule has 1 aromatic carbocycles. The van der Waals surface area contributed by atoms with Crippen LogP contribution in [0, 0.1) is 0 Å². The lowest BCUT2D eigenvalue weighted by Crippen LogP contribution is -2.04. The van der Waals surface area contributed by atoms with Gasteiger partial charge in [-0.1, -0.05) is 6.07 Å². The minimum absolute atomic E-state index is 0.142. The summed E-state index contributed by atoms with van der Waals surface area (Å²) in [4.78, 5) is 15.1. The molecule has 0 fully saturated rings. The fourth-order valence-corrected chi connectivity index (χ4v) is 1.82. The first-order chi connectivity index (χ1) is 10.2. The van der Waals surface area contributed by atoms with Crippen LogP contribution in [-0.2, 0) is 6.61 Å². The van der Waals surface area contributed by atoms with Crippen molar-refractivity contribution in [1.29, 1.82) is 0 Å². The van der Waals surface area contributed by atoms with Gasteiger partial charge in [0.05, 0.1) is 19.8 Å². The van der Waals surface area contributed by atoms with Crippen LogP contribution < -0.4 is 14.2 Å². The van der Waals surface area contributed by atoms with Crippen LogP contribution in [0.25, 0.3) is 0 Å². The zero-order valence-corrected chi connectivity index (χ0v) is 11.7. The number of hydrogen-bond donors (Lipinski definition) is 1. The Labute approximate surface area is 121 Å². The van der Waals surface area contributed by atoms with Gasteiger partial charge >= 0.3 is 5.97 Å². The summed E-state index contributed by atoms with van der Waals surface area (Å²) < 4.78 is 16.0. The lowest BCUT2D eigenvalue weighted by Gasteiger charge is -2.12. The average molecular weight is 289 g/mol. The first-order valence-electron chi connectivity index (χ1n) is 6.17. The highest BCUT2D eigenvalue weighted by Gasteiger charge is 2.12. The van der Waals surface area contributed by atoms with Gasteiger partial charge in [0.1, 0.15) is 18.1 Å². The van der Waals surface area contributed by atoms with Gasteiger partial charge < -0.3 is 19.3 Å². The zero-order chi connectivity index (χ0) is 15.2. The van der Waals surface area contributed by atoms with Crippen molar-refractivity contribution in [2.24, 2.45) is 0 Å². The molecule has 21 heavy (non-hydrogen) atoms. The van der Waals surface area contributed by atoms with Crippen LogP contribution >= 0.6 is 0 Å². The highest BCUT2D eigenvalue weighted by atomic mass is 16.5. The Kier molecular flexibility index (Phi) is 4.61. The first-order valence-corrected chi connectivity index (χ1v) is 6.17. The summed E-state index contributed by atoms with van der Waals surface area (Å²) in [5.74, 6) is 0.499. The summed E-state index contributed by atoms with van der Waals surface area (Å²) >= 11 is 0. The lowest BCUT2D eigenvalue weighted by atomic mass is 10.2. The van der Waals surface area contributed by atoms with E-state index in [-0.39, 0.29) is 12.2 Å². The highest BCUT2D eigenvalue weighted by Crippen LogP contribution is 2.29. The van der Waals surface area contributed by atoms with E-state index in [1.807, 2.05) is 0 Å². The molecule has 6 heteroatoms. The number of benzene rings is 1. The van der Waals surface area contributed by atoms with Crippen LogP contribution in [0.2, 0.25) is 0 Å². The maximum Gasteiger partial charge on any atom is 0.335 e. The van der Waals surface area contributed by atoms with Crippen LogP contribution in [0.4, 0.5) is 0 Å².